The Labute approximate surface area is 143 Å². The molecule has 3 heterocycles. The maximum Gasteiger partial charge on any atom is 0.350 e. The molecule has 1 aliphatic heterocycles. The molecule has 1 saturated heterocycles. The summed E-state index contributed by atoms with van der Waals surface area (Å²) in [6.07, 6.45) is 3.28. The molecule has 24 heavy (non-hydrogen) atoms. The molecule has 0 aliphatic carbocycles. The lowest BCUT2D eigenvalue weighted by atomic mass is 10.2. The molecule has 0 N–H and O–H groups in total. The number of ether oxygens (including phenoxy) is 1. The van der Waals surface area contributed by atoms with Crippen molar-refractivity contribution >= 4 is 39.0 Å². The van der Waals surface area contributed by atoms with Gasteiger partial charge in [0.25, 0.3) is 0 Å². The van der Waals surface area contributed by atoms with Crippen LogP contribution in [-0.4, -0.2) is 29.2 Å². The summed E-state index contributed by atoms with van der Waals surface area (Å²) < 4.78 is 5.20. The molecule has 0 atom stereocenters. The fourth-order valence-corrected chi connectivity index (χ4v) is 3.61. The molecule has 0 unspecified atom stereocenters. The van der Waals surface area contributed by atoms with Crippen molar-refractivity contribution in [3.63, 3.8) is 0 Å². The minimum atomic E-state index is -0.326. The van der Waals surface area contributed by atoms with Crippen LogP contribution in [0, 0.1) is 6.92 Å². The molecule has 2 aromatic heterocycles. The van der Waals surface area contributed by atoms with Crippen LogP contribution in [0.25, 0.3) is 10.3 Å². The number of aromatic nitrogens is 2. The van der Waals surface area contributed by atoms with Gasteiger partial charge in [-0.15, -0.1) is 11.3 Å². The molecule has 0 bridgehead atoms. The number of fused-ring (bicyclic) bond motifs is 1. The van der Waals surface area contributed by atoms with Crippen molar-refractivity contribution in [2.24, 2.45) is 0 Å². The molecule has 7 heteroatoms. The summed E-state index contributed by atoms with van der Waals surface area (Å²) in [6.45, 7) is 4.91. The smallest absolute Gasteiger partial charge is 0.350 e. The Morgan fingerprint density at radius 3 is 2.71 bits per heavy atom. The Bertz CT molecular complexity index is 907. The summed E-state index contributed by atoms with van der Waals surface area (Å²) in [5, 5.41) is 4.13. The van der Waals surface area contributed by atoms with Crippen molar-refractivity contribution in [2.75, 3.05) is 23.3 Å². The number of benzene rings is 1. The minimum absolute atomic E-state index is 0.326. The summed E-state index contributed by atoms with van der Waals surface area (Å²) in [5.74, 6) is -0.326. The van der Waals surface area contributed by atoms with Crippen molar-refractivity contribution < 1.29 is 9.53 Å². The molecule has 6 nitrogen and oxygen atoms in total. The molecule has 4 rings (SSSR count). The predicted molar refractivity (Wildman–Crippen MR) is 94.4 cm³/mol. The zero-order valence-corrected chi connectivity index (χ0v) is 14.2. The second kappa shape index (κ2) is 5.76. The normalized spacial score (nSPS) is 13.4. The van der Waals surface area contributed by atoms with Crippen molar-refractivity contribution in [3.05, 3.63) is 47.1 Å². The highest BCUT2D eigenvalue weighted by molar-refractivity contribution is 7.21. The van der Waals surface area contributed by atoms with Gasteiger partial charge in [-0.1, -0.05) is 17.7 Å². The van der Waals surface area contributed by atoms with E-state index in [2.05, 4.69) is 46.2 Å². The highest BCUT2D eigenvalue weighted by Crippen LogP contribution is 2.42. The molecular formula is C17H16N4O2S. The van der Waals surface area contributed by atoms with Crippen LogP contribution in [0.3, 0.4) is 0 Å². The summed E-state index contributed by atoms with van der Waals surface area (Å²) in [7, 11) is 0. The summed E-state index contributed by atoms with van der Waals surface area (Å²) in [5.41, 5.74) is 3.81. The molecule has 3 aromatic rings. The van der Waals surface area contributed by atoms with Gasteiger partial charge >= 0.3 is 5.97 Å². The van der Waals surface area contributed by atoms with Gasteiger partial charge in [-0.2, -0.15) is 0 Å². The van der Waals surface area contributed by atoms with Gasteiger partial charge in [0, 0.05) is 12.4 Å². The zero-order valence-electron chi connectivity index (χ0n) is 13.4. The number of nitrogens with zero attached hydrogens (tertiary/aromatic N) is 4. The third-order valence-corrected chi connectivity index (χ3v) is 4.88. The van der Waals surface area contributed by atoms with Crippen LogP contribution in [-0.2, 0) is 4.74 Å². The second-order valence-corrected chi connectivity index (χ2v) is 6.49. The molecule has 1 aliphatic rings. The Hall–Kier alpha value is -2.67. The maximum absolute atomic E-state index is 12.3. The van der Waals surface area contributed by atoms with E-state index < -0.39 is 0 Å². The topological polar surface area (TPSA) is 58.1 Å². The minimum Gasteiger partial charge on any atom is -0.462 e. The largest absolute Gasteiger partial charge is 0.462 e. The number of hydrazine groups is 1. The lowest BCUT2D eigenvalue weighted by molar-refractivity contribution is 0.0533. The van der Waals surface area contributed by atoms with E-state index in [9.17, 15) is 4.79 Å². The van der Waals surface area contributed by atoms with Crippen molar-refractivity contribution in [1.82, 2.24) is 9.97 Å². The molecule has 122 valence electrons. The summed E-state index contributed by atoms with van der Waals surface area (Å²) >= 11 is 1.32. The first-order valence-electron chi connectivity index (χ1n) is 7.71. The van der Waals surface area contributed by atoms with Gasteiger partial charge in [-0.25, -0.2) is 14.8 Å². The molecule has 0 amide bonds. The van der Waals surface area contributed by atoms with E-state index in [1.54, 1.807) is 19.3 Å². The Morgan fingerprint density at radius 1 is 1.21 bits per heavy atom. The van der Waals surface area contributed by atoms with Gasteiger partial charge < -0.3 is 4.74 Å². The highest BCUT2D eigenvalue weighted by atomic mass is 32.1. The number of anilines is 2. The lowest BCUT2D eigenvalue weighted by Crippen LogP contribution is -2.09. The number of carbonyl (C=O) groups excluding carboxylic acids is 1. The molecule has 0 saturated carbocycles. The van der Waals surface area contributed by atoms with E-state index in [1.165, 1.54) is 16.9 Å². The SMILES string of the molecule is CCOC(=O)c1sc2nccnc2c1N1CN1c1ccc(C)cc1. The van der Waals surface area contributed by atoms with Gasteiger partial charge in [-0.05, 0) is 26.0 Å². The van der Waals surface area contributed by atoms with Crippen molar-refractivity contribution in [3.8, 4) is 0 Å². The molecule has 1 aromatic carbocycles. The third kappa shape index (κ3) is 2.46. The first-order valence-corrected chi connectivity index (χ1v) is 8.53. The highest BCUT2D eigenvalue weighted by Gasteiger charge is 2.38. The zero-order chi connectivity index (χ0) is 16.7. The Morgan fingerprint density at radius 2 is 1.96 bits per heavy atom. The summed E-state index contributed by atoms with van der Waals surface area (Å²) in [6, 6.07) is 8.28. The van der Waals surface area contributed by atoms with Gasteiger partial charge in [0.2, 0.25) is 0 Å². The van der Waals surface area contributed by atoms with Crippen LogP contribution < -0.4 is 10.0 Å². The van der Waals surface area contributed by atoms with E-state index in [4.69, 9.17) is 4.74 Å². The third-order valence-electron chi connectivity index (χ3n) is 3.83. The fraction of sp³-hybridized carbons (Fsp3) is 0.235. The van der Waals surface area contributed by atoms with Crippen molar-refractivity contribution in [2.45, 2.75) is 13.8 Å². The molecule has 0 radical (unpaired) electrons. The number of hydrogen-bond acceptors (Lipinski definition) is 7. The number of hydrogen-bond donors (Lipinski definition) is 0. The molecule has 0 spiro atoms. The predicted octanol–water partition coefficient (Wildman–Crippen LogP) is 3.38. The van der Waals surface area contributed by atoms with Gasteiger partial charge in [-0.3, -0.25) is 10.0 Å². The van der Waals surface area contributed by atoms with Crippen LogP contribution in [0.1, 0.15) is 22.2 Å². The maximum atomic E-state index is 12.3. The van der Waals surface area contributed by atoms with Crippen LogP contribution in [0.5, 0.6) is 0 Å². The van der Waals surface area contributed by atoms with Crippen molar-refractivity contribution in [1.29, 1.82) is 0 Å². The molecule has 1 fully saturated rings. The lowest BCUT2D eigenvalue weighted by Gasteiger charge is -2.09. The van der Waals surface area contributed by atoms with Crippen LogP contribution >= 0.6 is 11.3 Å². The quantitative estimate of drug-likeness (QED) is 0.536. The first kappa shape index (κ1) is 14.9. The number of rotatable bonds is 4. The number of aryl methyl sites for hydroxylation is 1. The van der Waals surface area contributed by atoms with Gasteiger partial charge in [0.1, 0.15) is 27.6 Å². The van der Waals surface area contributed by atoms with E-state index >= 15 is 0 Å². The molecular weight excluding hydrogens is 324 g/mol. The fourth-order valence-electron chi connectivity index (χ4n) is 2.62. The van der Waals surface area contributed by atoms with Crippen LogP contribution in [0.2, 0.25) is 0 Å². The van der Waals surface area contributed by atoms with E-state index in [-0.39, 0.29) is 5.97 Å². The standard InChI is InChI=1S/C17H16N4O2S/c1-3-23-17(22)15-14(13-16(24-15)19-9-8-18-13)21-10-20(21)12-6-4-11(2)5-7-12/h4-9H,3,10H2,1-2H3. The van der Waals surface area contributed by atoms with E-state index in [1.807, 2.05) is 5.01 Å². The monoisotopic (exact) mass is 340 g/mol. The van der Waals surface area contributed by atoms with Gasteiger partial charge in [0.15, 0.2) is 0 Å². The van der Waals surface area contributed by atoms with Crippen LogP contribution in [0.4, 0.5) is 11.4 Å². The van der Waals surface area contributed by atoms with E-state index in [0.29, 0.717) is 18.2 Å². The Kier molecular flexibility index (Phi) is 3.57. The van der Waals surface area contributed by atoms with Gasteiger partial charge in [0.05, 0.1) is 12.3 Å². The first-order chi connectivity index (χ1) is 11.7. The number of carbonyl (C=O) groups is 1. The number of esters is 1. The van der Waals surface area contributed by atoms with E-state index in [0.717, 1.165) is 21.7 Å². The second-order valence-electron chi connectivity index (χ2n) is 5.49. The number of thiophene rings is 1. The van der Waals surface area contributed by atoms with Crippen LogP contribution in [0.15, 0.2) is 36.7 Å². The Balaban J connectivity index is 1.74. The average molecular weight is 340 g/mol. The average Bonchev–Trinajstić information content (AvgIpc) is 3.28. The summed E-state index contributed by atoms with van der Waals surface area (Å²) in [4.78, 5) is 22.4.